The van der Waals surface area contributed by atoms with E-state index in [9.17, 15) is 0 Å². The standard InChI is InChI=1S/C16H21NOS2/c1-4-12(17)16(15-11(2)9-10-19-15)20-14-8-6-5-7-13(14)18-3/h5-10,12,16H,4,17H2,1-3H3. The molecule has 1 heterocycles. The van der Waals surface area contributed by atoms with Crippen LogP contribution < -0.4 is 10.5 Å². The molecule has 20 heavy (non-hydrogen) atoms. The second-order valence-electron chi connectivity index (χ2n) is 4.73. The van der Waals surface area contributed by atoms with Crippen LogP contribution >= 0.6 is 23.1 Å². The normalized spacial score (nSPS) is 14.0. The van der Waals surface area contributed by atoms with Crippen LogP contribution in [-0.2, 0) is 0 Å². The number of nitrogens with two attached hydrogens (primary N) is 1. The Bertz CT molecular complexity index is 553. The first kappa shape index (κ1) is 15.4. The van der Waals surface area contributed by atoms with E-state index in [1.54, 1.807) is 30.2 Å². The van der Waals surface area contributed by atoms with Gasteiger partial charge < -0.3 is 10.5 Å². The molecule has 0 aliphatic carbocycles. The highest BCUT2D eigenvalue weighted by Crippen LogP contribution is 2.44. The largest absolute Gasteiger partial charge is 0.496 e. The Hall–Kier alpha value is -0.970. The van der Waals surface area contributed by atoms with Gasteiger partial charge >= 0.3 is 0 Å². The summed E-state index contributed by atoms with van der Waals surface area (Å²) >= 11 is 3.60. The van der Waals surface area contributed by atoms with Crippen LogP contribution in [0.5, 0.6) is 5.75 Å². The summed E-state index contributed by atoms with van der Waals surface area (Å²) in [6.07, 6.45) is 0.962. The van der Waals surface area contributed by atoms with Crippen molar-refractivity contribution in [1.82, 2.24) is 0 Å². The van der Waals surface area contributed by atoms with Crippen LogP contribution in [0.25, 0.3) is 0 Å². The van der Waals surface area contributed by atoms with Gasteiger partial charge in [-0.1, -0.05) is 19.1 Å². The number of methoxy groups -OCH3 is 1. The van der Waals surface area contributed by atoms with E-state index in [0.29, 0.717) is 0 Å². The van der Waals surface area contributed by atoms with E-state index >= 15 is 0 Å². The Labute approximate surface area is 129 Å². The maximum Gasteiger partial charge on any atom is 0.132 e. The van der Waals surface area contributed by atoms with Crippen molar-refractivity contribution in [3.8, 4) is 5.75 Å². The Morgan fingerprint density at radius 3 is 2.65 bits per heavy atom. The number of ether oxygens (including phenoxy) is 1. The molecule has 2 atom stereocenters. The van der Waals surface area contributed by atoms with E-state index in [1.807, 2.05) is 18.2 Å². The monoisotopic (exact) mass is 307 g/mol. The molecular formula is C16H21NOS2. The predicted molar refractivity (Wildman–Crippen MR) is 88.9 cm³/mol. The van der Waals surface area contributed by atoms with Gasteiger partial charge in [0.05, 0.1) is 17.3 Å². The van der Waals surface area contributed by atoms with E-state index < -0.39 is 0 Å². The first-order valence-electron chi connectivity index (χ1n) is 6.76. The fourth-order valence-electron chi connectivity index (χ4n) is 2.08. The first-order valence-corrected chi connectivity index (χ1v) is 8.52. The Balaban J connectivity index is 2.31. The minimum Gasteiger partial charge on any atom is -0.496 e. The quantitative estimate of drug-likeness (QED) is 0.790. The van der Waals surface area contributed by atoms with Crippen molar-refractivity contribution in [3.05, 3.63) is 46.2 Å². The van der Waals surface area contributed by atoms with Crippen molar-refractivity contribution in [2.75, 3.05) is 7.11 Å². The third-order valence-corrected chi connectivity index (χ3v) is 6.03. The molecule has 0 spiro atoms. The molecule has 1 aromatic carbocycles. The highest BCUT2D eigenvalue weighted by Gasteiger charge is 2.23. The summed E-state index contributed by atoms with van der Waals surface area (Å²) < 4.78 is 5.45. The van der Waals surface area contributed by atoms with E-state index in [0.717, 1.165) is 17.1 Å². The first-order chi connectivity index (χ1) is 9.67. The minimum absolute atomic E-state index is 0.141. The maximum absolute atomic E-state index is 6.36. The lowest BCUT2D eigenvalue weighted by molar-refractivity contribution is 0.404. The molecule has 2 unspecified atom stereocenters. The van der Waals surface area contributed by atoms with Gasteiger partial charge in [0.25, 0.3) is 0 Å². The van der Waals surface area contributed by atoms with Crippen LogP contribution in [0.15, 0.2) is 40.6 Å². The third-order valence-electron chi connectivity index (χ3n) is 3.34. The lowest BCUT2D eigenvalue weighted by Gasteiger charge is -2.23. The molecule has 0 aliphatic rings. The molecule has 0 saturated carbocycles. The van der Waals surface area contributed by atoms with E-state index in [1.165, 1.54) is 10.4 Å². The van der Waals surface area contributed by atoms with Gasteiger partial charge in [-0.2, -0.15) is 0 Å². The zero-order valence-electron chi connectivity index (χ0n) is 12.1. The molecule has 0 radical (unpaired) electrons. The van der Waals surface area contributed by atoms with Crippen LogP contribution in [-0.4, -0.2) is 13.2 Å². The molecule has 0 saturated heterocycles. The van der Waals surface area contributed by atoms with Crippen LogP contribution in [0.1, 0.15) is 29.0 Å². The van der Waals surface area contributed by atoms with Crippen molar-refractivity contribution in [2.45, 2.75) is 36.5 Å². The Kier molecular flexibility index (Phi) is 5.52. The summed E-state index contributed by atoms with van der Waals surface area (Å²) in [5, 5.41) is 2.42. The summed E-state index contributed by atoms with van der Waals surface area (Å²) in [7, 11) is 1.71. The second kappa shape index (κ2) is 7.16. The number of hydrogen-bond acceptors (Lipinski definition) is 4. The van der Waals surface area contributed by atoms with Crippen LogP contribution in [0, 0.1) is 6.92 Å². The fraction of sp³-hybridized carbons (Fsp3) is 0.375. The van der Waals surface area contributed by atoms with Gasteiger partial charge in [-0.3, -0.25) is 0 Å². The lowest BCUT2D eigenvalue weighted by Crippen LogP contribution is -2.25. The molecule has 2 nitrogen and oxygen atoms in total. The topological polar surface area (TPSA) is 35.2 Å². The molecule has 4 heteroatoms. The second-order valence-corrected chi connectivity index (χ2v) is 6.86. The summed E-state index contributed by atoms with van der Waals surface area (Å²) in [6.45, 7) is 4.30. The molecule has 2 N–H and O–H groups in total. The SMILES string of the molecule is CCC(N)C(Sc1ccccc1OC)c1sccc1C. The van der Waals surface area contributed by atoms with Gasteiger partial charge in [-0.25, -0.2) is 0 Å². The highest BCUT2D eigenvalue weighted by atomic mass is 32.2. The van der Waals surface area contributed by atoms with Crippen molar-refractivity contribution in [1.29, 1.82) is 0 Å². The summed E-state index contributed by atoms with van der Waals surface area (Å²) in [4.78, 5) is 2.52. The number of para-hydroxylation sites is 1. The van der Waals surface area contributed by atoms with E-state index in [4.69, 9.17) is 10.5 Å². The van der Waals surface area contributed by atoms with Crippen molar-refractivity contribution >= 4 is 23.1 Å². The third kappa shape index (κ3) is 3.37. The van der Waals surface area contributed by atoms with Crippen LogP contribution in [0.2, 0.25) is 0 Å². The summed E-state index contributed by atoms with van der Waals surface area (Å²) in [6, 6.07) is 10.4. The zero-order valence-corrected chi connectivity index (χ0v) is 13.8. The van der Waals surface area contributed by atoms with Gasteiger partial charge in [0, 0.05) is 10.9 Å². The average Bonchev–Trinajstić information content (AvgIpc) is 2.90. The summed E-state index contributed by atoms with van der Waals surface area (Å²) in [5.41, 5.74) is 7.69. The van der Waals surface area contributed by atoms with E-state index in [2.05, 4.69) is 31.4 Å². The molecule has 0 amide bonds. The van der Waals surface area contributed by atoms with Gasteiger partial charge in [0.2, 0.25) is 0 Å². The number of aryl methyl sites for hydroxylation is 1. The van der Waals surface area contributed by atoms with Gasteiger partial charge in [0.15, 0.2) is 0 Å². The molecule has 0 bridgehead atoms. The molecule has 2 aromatic rings. The predicted octanol–water partition coefficient (Wildman–Crippen LogP) is 4.64. The molecule has 0 fully saturated rings. The number of rotatable bonds is 6. The van der Waals surface area contributed by atoms with Gasteiger partial charge in [0.1, 0.15) is 5.75 Å². The zero-order chi connectivity index (χ0) is 14.5. The maximum atomic E-state index is 6.36. The average molecular weight is 307 g/mol. The number of hydrogen-bond donors (Lipinski definition) is 1. The van der Waals surface area contributed by atoms with Crippen LogP contribution in [0.4, 0.5) is 0 Å². The van der Waals surface area contributed by atoms with Crippen LogP contribution in [0.3, 0.4) is 0 Å². The number of benzene rings is 1. The van der Waals surface area contributed by atoms with E-state index in [-0.39, 0.29) is 11.3 Å². The lowest BCUT2D eigenvalue weighted by atomic mass is 10.1. The summed E-state index contributed by atoms with van der Waals surface area (Å²) in [5.74, 6) is 0.917. The van der Waals surface area contributed by atoms with Crippen molar-refractivity contribution < 1.29 is 4.74 Å². The molecule has 0 aliphatic heterocycles. The molecule has 2 rings (SSSR count). The Morgan fingerprint density at radius 2 is 2.05 bits per heavy atom. The Morgan fingerprint density at radius 1 is 1.30 bits per heavy atom. The minimum atomic E-state index is 0.141. The number of thiophene rings is 1. The van der Waals surface area contributed by atoms with Crippen molar-refractivity contribution in [3.63, 3.8) is 0 Å². The smallest absolute Gasteiger partial charge is 0.132 e. The van der Waals surface area contributed by atoms with Gasteiger partial charge in [-0.05, 0) is 42.5 Å². The molecule has 1 aromatic heterocycles. The van der Waals surface area contributed by atoms with Gasteiger partial charge in [-0.15, -0.1) is 23.1 Å². The fourth-order valence-corrected chi connectivity index (χ4v) is 4.73. The molecular weight excluding hydrogens is 286 g/mol. The van der Waals surface area contributed by atoms with Crippen molar-refractivity contribution in [2.24, 2.45) is 5.73 Å². The highest BCUT2D eigenvalue weighted by molar-refractivity contribution is 7.99. The number of thioether (sulfide) groups is 1. The molecule has 108 valence electrons.